The number of tetrazole rings is 1. The maximum atomic E-state index is 11.9. The zero-order valence-electron chi connectivity index (χ0n) is 10.5. The smallest absolute Gasteiger partial charge is 0.345 e. The molecule has 0 radical (unpaired) electrons. The minimum atomic E-state index is -0.476. The summed E-state index contributed by atoms with van der Waals surface area (Å²) < 4.78 is 2.08. The highest BCUT2D eigenvalue weighted by Gasteiger charge is 2.07. The summed E-state index contributed by atoms with van der Waals surface area (Å²) in [6, 6.07) is 3.37. The molecule has 0 aliphatic carbocycles. The van der Waals surface area contributed by atoms with E-state index in [4.69, 9.17) is 0 Å². The molecule has 0 aliphatic heterocycles. The van der Waals surface area contributed by atoms with Crippen LogP contribution in [0.5, 0.6) is 0 Å². The topological polar surface area (TPSA) is 85.9 Å². The van der Waals surface area contributed by atoms with E-state index in [1.54, 1.807) is 32.4 Å². The second kappa shape index (κ2) is 5.25. The zero-order valence-corrected chi connectivity index (χ0v) is 10.5. The summed E-state index contributed by atoms with van der Waals surface area (Å²) in [4.78, 5) is 28.6. The Balaban J connectivity index is 2.30. The van der Waals surface area contributed by atoms with Gasteiger partial charge >= 0.3 is 5.69 Å². The van der Waals surface area contributed by atoms with Gasteiger partial charge in [-0.3, -0.25) is 9.78 Å². The van der Waals surface area contributed by atoms with Crippen LogP contribution < -0.4 is 5.69 Å². The number of pyridine rings is 1. The van der Waals surface area contributed by atoms with Crippen molar-refractivity contribution in [1.82, 2.24) is 29.7 Å². The minimum Gasteiger partial charge on any atom is -0.345 e. The maximum absolute atomic E-state index is 11.9. The quantitative estimate of drug-likeness (QED) is 0.687. The first-order chi connectivity index (χ1) is 9.09. The molecule has 0 N–H and O–H groups in total. The van der Waals surface area contributed by atoms with E-state index >= 15 is 0 Å². The molecule has 0 saturated carbocycles. The Labute approximate surface area is 108 Å². The zero-order chi connectivity index (χ0) is 13.8. The third-order valence-electron chi connectivity index (χ3n) is 2.29. The lowest BCUT2D eigenvalue weighted by atomic mass is 10.4. The van der Waals surface area contributed by atoms with E-state index in [-0.39, 0.29) is 5.91 Å². The summed E-state index contributed by atoms with van der Waals surface area (Å²) in [6.07, 6.45) is 5.60. The summed E-state index contributed by atoms with van der Waals surface area (Å²) in [6.45, 7) is 0. The molecule has 8 heteroatoms. The van der Waals surface area contributed by atoms with Crippen LogP contribution >= 0.6 is 0 Å². The Hall–Kier alpha value is -2.77. The first kappa shape index (κ1) is 12.7. The molecular weight excluding hydrogens is 248 g/mol. The van der Waals surface area contributed by atoms with Crippen LogP contribution in [0.25, 0.3) is 11.9 Å². The number of rotatable bonds is 3. The van der Waals surface area contributed by atoms with E-state index in [0.717, 1.165) is 9.36 Å². The third kappa shape index (κ3) is 2.73. The lowest BCUT2D eigenvalue weighted by Gasteiger charge is -2.04. The van der Waals surface area contributed by atoms with E-state index in [1.165, 1.54) is 23.4 Å². The summed E-state index contributed by atoms with van der Waals surface area (Å²) in [5.74, 6) is -0.247. The van der Waals surface area contributed by atoms with Gasteiger partial charge < -0.3 is 4.90 Å². The van der Waals surface area contributed by atoms with E-state index in [9.17, 15) is 9.59 Å². The summed E-state index contributed by atoms with van der Waals surface area (Å²) >= 11 is 0. The molecule has 0 saturated heterocycles. The van der Waals surface area contributed by atoms with Crippen LogP contribution in [0.2, 0.25) is 0 Å². The molecule has 8 nitrogen and oxygen atoms in total. The third-order valence-corrected chi connectivity index (χ3v) is 2.29. The van der Waals surface area contributed by atoms with E-state index in [2.05, 4.69) is 15.4 Å². The van der Waals surface area contributed by atoms with Gasteiger partial charge in [0.2, 0.25) is 5.91 Å². The van der Waals surface area contributed by atoms with Crippen LogP contribution in [-0.4, -0.2) is 49.7 Å². The number of carbonyl (C=O) groups excluding carboxylic acids is 1. The Morgan fingerprint density at radius 1 is 1.37 bits per heavy atom. The van der Waals surface area contributed by atoms with Gasteiger partial charge in [0.05, 0.1) is 11.9 Å². The van der Waals surface area contributed by atoms with Crippen LogP contribution in [0.4, 0.5) is 0 Å². The highest BCUT2D eigenvalue weighted by Crippen LogP contribution is 1.98. The number of carbonyl (C=O) groups is 1. The first-order valence-electron chi connectivity index (χ1n) is 5.44. The molecule has 0 spiro atoms. The molecule has 1 amide bonds. The van der Waals surface area contributed by atoms with Gasteiger partial charge in [0.25, 0.3) is 0 Å². The summed E-state index contributed by atoms with van der Waals surface area (Å²) in [5.41, 5.74) is 0.0295. The van der Waals surface area contributed by atoms with E-state index < -0.39 is 5.69 Å². The summed E-state index contributed by atoms with van der Waals surface area (Å²) in [7, 11) is 3.23. The molecular formula is C11H12N6O2. The molecule has 0 fully saturated rings. The van der Waals surface area contributed by atoms with Crippen molar-refractivity contribution in [2.75, 3.05) is 14.1 Å². The fraction of sp³-hybridized carbons (Fsp3) is 0.182. The molecule has 0 aromatic carbocycles. The van der Waals surface area contributed by atoms with Gasteiger partial charge in [0.1, 0.15) is 0 Å². The van der Waals surface area contributed by atoms with Crippen molar-refractivity contribution in [2.24, 2.45) is 0 Å². The highest BCUT2D eigenvalue weighted by molar-refractivity contribution is 5.89. The fourth-order valence-corrected chi connectivity index (χ4v) is 1.27. The van der Waals surface area contributed by atoms with Crippen LogP contribution in [-0.2, 0) is 4.79 Å². The predicted octanol–water partition coefficient (Wildman–Crippen LogP) is -0.617. The summed E-state index contributed by atoms with van der Waals surface area (Å²) in [5, 5.41) is 7.36. The molecule has 0 unspecified atom stereocenters. The second-order valence-electron chi connectivity index (χ2n) is 3.88. The largest absolute Gasteiger partial charge is 0.372 e. The first-order valence-corrected chi connectivity index (χ1v) is 5.44. The average molecular weight is 260 g/mol. The van der Waals surface area contributed by atoms with Crippen LogP contribution in [0, 0.1) is 0 Å². The van der Waals surface area contributed by atoms with Gasteiger partial charge in [0, 0.05) is 32.6 Å². The molecule has 0 bridgehead atoms. The standard InChI is InChI=1S/C11H12N6O2/c1-15(2)10(18)5-7-16-11(19)17(14-13-16)9-4-3-6-12-8-9/h3-8H,1-2H3. The Morgan fingerprint density at radius 3 is 2.79 bits per heavy atom. The molecule has 98 valence electrons. The van der Waals surface area contributed by atoms with E-state index in [1.807, 2.05) is 0 Å². The lowest BCUT2D eigenvalue weighted by Crippen LogP contribution is -2.23. The van der Waals surface area contributed by atoms with Crippen molar-refractivity contribution < 1.29 is 4.79 Å². The van der Waals surface area contributed by atoms with Crippen LogP contribution in [0.1, 0.15) is 0 Å². The van der Waals surface area contributed by atoms with Crippen molar-refractivity contribution in [3.8, 4) is 5.69 Å². The predicted molar refractivity (Wildman–Crippen MR) is 67.4 cm³/mol. The molecule has 2 rings (SSSR count). The number of aromatic nitrogens is 5. The molecule has 2 aromatic heterocycles. The Kier molecular flexibility index (Phi) is 3.51. The van der Waals surface area contributed by atoms with Gasteiger partial charge in [0.15, 0.2) is 0 Å². The van der Waals surface area contributed by atoms with Crippen LogP contribution in [0.15, 0.2) is 35.4 Å². The number of hydrogen-bond donors (Lipinski definition) is 0. The van der Waals surface area contributed by atoms with Crippen molar-refractivity contribution in [1.29, 1.82) is 0 Å². The number of likely N-dealkylation sites (N-methyl/N-ethyl adjacent to an activating group) is 1. The van der Waals surface area contributed by atoms with Crippen molar-refractivity contribution in [3.63, 3.8) is 0 Å². The van der Waals surface area contributed by atoms with Crippen LogP contribution in [0.3, 0.4) is 0 Å². The van der Waals surface area contributed by atoms with Crippen molar-refractivity contribution >= 4 is 12.1 Å². The number of nitrogens with zero attached hydrogens (tertiary/aromatic N) is 6. The second-order valence-corrected chi connectivity index (χ2v) is 3.88. The molecule has 0 aliphatic rings. The minimum absolute atomic E-state index is 0.247. The Morgan fingerprint density at radius 2 is 2.16 bits per heavy atom. The average Bonchev–Trinajstić information content (AvgIpc) is 2.78. The van der Waals surface area contributed by atoms with E-state index in [0.29, 0.717) is 5.69 Å². The number of amides is 1. The molecule has 19 heavy (non-hydrogen) atoms. The van der Waals surface area contributed by atoms with Gasteiger partial charge in [-0.2, -0.15) is 9.36 Å². The maximum Gasteiger partial charge on any atom is 0.372 e. The monoisotopic (exact) mass is 260 g/mol. The SMILES string of the molecule is CN(C)C(=O)C=Cn1nnn(-c2cccnc2)c1=O. The van der Waals surface area contributed by atoms with Gasteiger partial charge in [-0.15, -0.1) is 0 Å². The van der Waals surface area contributed by atoms with Crippen molar-refractivity contribution in [2.45, 2.75) is 0 Å². The lowest BCUT2D eigenvalue weighted by molar-refractivity contribution is -0.123. The van der Waals surface area contributed by atoms with Crippen molar-refractivity contribution in [3.05, 3.63) is 41.1 Å². The molecule has 2 heterocycles. The molecule has 2 aromatic rings. The molecule has 0 atom stereocenters. The van der Waals surface area contributed by atoms with Gasteiger partial charge in [-0.1, -0.05) is 0 Å². The Bertz CT molecular complexity index is 655. The normalized spacial score (nSPS) is 10.8. The fourth-order valence-electron chi connectivity index (χ4n) is 1.27. The number of hydrogen-bond acceptors (Lipinski definition) is 5. The van der Waals surface area contributed by atoms with Gasteiger partial charge in [-0.25, -0.2) is 4.79 Å². The highest BCUT2D eigenvalue weighted by atomic mass is 16.2. The van der Waals surface area contributed by atoms with Gasteiger partial charge in [-0.05, 0) is 22.6 Å².